The number of aliphatic hydroxyl groups is 1. The number of hydrogen-bond donors (Lipinski definition) is 2. The summed E-state index contributed by atoms with van der Waals surface area (Å²) < 4.78 is 5.25. The normalized spacial score (nSPS) is 28.0. The zero-order chi connectivity index (χ0) is 12.0. The summed E-state index contributed by atoms with van der Waals surface area (Å²) in [5.74, 6) is 0. The Morgan fingerprint density at radius 3 is 2.94 bits per heavy atom. The Kier molecular flexibility index (Phi) is 5.32. The van der Waals surface area contributed by atoms with E-state index in [0.29, 0.717) is 6.42 Å². The van der Waals surface area contributed by atoms with E-state index in [2.05, 4.69) is 5.32 Å². The minimum atomic E-state index is -0.370. The number of hydrogen-bond acceptors (Lipinski definition) is 3. The molecular formula is C12H21NO3. The predicted octanol–water partition coefficient (Wildman–Crippen LogP) is 1.98. The van der Waals surface area contributed by atoms with Gasteiger partial charge in [-0.05, 0) is 45.6 Å². The molecule has 1 amide bonds. The molecule has 0 aromatic heterocycles. The molecule has 0 saturated heterocycles. The van der Waals surface area contributed by atoms with Gasteiger partial charge in [0.05, 0.1) is 6.10 Å². The summed E-state index contributed by atoms with van der Waals surface area (Å²) in [5.41, 5.74) is 0. The summed E-state index contributed by atoms with van der Waals surface area (Å²) in [7, 11) is 0. The third kappa shape index (κ3) is 5.16. The summed E-state index contributed by atoms with van der Waals surface area (Å²) in [6, 6.07) is 0.0897. The summed E-state index contributed by atoms with van der Waals surface area (Å²) in [4.78, 5) is 11.4. The molecule has 92 valence electrons. The van der Waals surface area contributed by atoms with Crippen LogP contribution in [0.1, 0.15) is 39.5 Å². The van der Waals surface area contributed by atoms with Crippen molar-refractivity contribution < 1.29 is 14.6 Å². The maximum absolute atomic E-state index is 11.4. The first-order valence-corrected chi connectivity index (χ1v) is 5.90. The maximum atomic E-state index is 11.4. The van der Waals surface area contributed by atoms with Crippen LogP contribution in [0.15, 0.2) is 12.2 Å². The van der Waals surface area contributed by atoms with Crippen LogP contribution in [0.4, 0.5) is 4.79 Å². The largest absolute Gasteiger partial charge is 0.442 e. The van der Waals surface area contributed by atoms with Gasteiger partial charge in [0.25, 0.3) is 0 Å². The van der Waals surface area contributed by atoms with Gasteiger partial charge in [-0.25, -0.2) is 4.79 Å². The number of aliphatic hydroxyl groups excluding tert-OH is 1. The Bertz CT molecular complexity index is 251. The first-order valence-electron chi connectivity index (χ1n) is 5.90. The van der Waals surface area contributed by atoms with E-state index in [4.69, 9.17) is 4.74 Å². The fraction of sp³-hybridized carbons (Fsp3) is 0.750. The Labute approximate surface area is 96.7 Å². The topological polar surface area (TPSA) is 58.6 Å². The Hall–Kier alpha value is -1.03. The lowest BCUT2D eigenvalue weighted by molar-refractivity contribution is 0.103. The minimum absolute atomic E-state index is 0.0897. The fourth-order valence-corrected chi connectivity index (χ4v) is 1.66. The fourth-order valence-electron chi connectivity index (χ4n) is 1.66. The van der Waals surface area contributed by atoms with E-state index in [0.717, 1.165) is 19.3 Å². The van der Waals surface area contributed by atoms with Crippen LogP contribution < -0.4 is 5.32 Å². The molecule has 0 aliphatic heterocycles. The van der Waals surface area contributed by atoms with E-state index < -0.39 is 0 Å². The van der Waals surface area contributed by atoms with E-state index in [1.165, 1.54) is 0 Å². The highest BCUT2D eigenvalue weighted by Crippen LogP contribution is 2.14. The van der Waals surface area contributed by atoms with E-state index in [-0.39, 0.29) is 24.3 Å². The number of ether oxygens (including phenoxy) is 1. The van der Waals surface area contributed by atoms with Gasteiger partial charge in [-0.15, -0.1) is 0 Å². The molecule has 0 heterocycles. The Balaban J connectivity index is 2.38. The molecule has 0 fully saturated rings. The van der Waals surface area contributed by atoms with Crippen LogP contribution in [0, 0.1) is 0 Å². The number of rotatable bonds is 2. The van der Waals surface area contributed by atoms with Crippen LogP contribution in [-0.2, 0) is 4.74 Å². The molecule has 0 saturated carbocycles. The van der Waals surface area contributed by atoms with E-state index in [1.807, 2.05) is 26.0 Å². The zero-order valence-corrected chi connectivity index (χ0v) is 9.98. The lowest BCUT2D eigenvalue weighted by Crippen LogP contribution is -2.33. The molecular weight excluding hydrogens is 206 g/mol. The van der Waals surface area contributed by atoms with Crippen LogP contribution in [0.25, 0.3) is 0 Å². The van der Waals surface area contributed by atoms with Gasteiger partial charge in [0.2, 0.25) is 0 Å². The molecule has 2 atom stereocenters. The number of nitrogens with one attached hydrogen (secondary N) is 1. The second kappa shape index (κ2) is 6.53. The predicted molar refractivity (Wildman–Crippen MR) is 62.2 cm³/mol. The van der Waals surface area contributed by atoms with Crippen molar-refractivity contribution in [2.24, 2.45) is 0 Å². The van der Waals surface area contributed by atoms with Crippen molar-refractivity contribution in [3.8, 4) is 0 Å². The highest BCUT2D eigenvalue weighted by molar-refractivity contribution is 5.67. The maximum Gasteiger partial charge on any atom is 0.407 e. The monoisotopic (exact) mass is 227 g/mol. The number of carbonyl (C=O) groups is 1. The molecule has 4 heteroatoms. The van der Waals surface area contributed by atoms with Gasteiger partial charge < -0.3 is 15.2 Å². The van der Waals surface area contributed by atoms with Crippen molar-refractivity contribution >= 4 is 6.09 Å². The molecule has 4 nitrogen and oxygen atoms in total. The average molecular weight is 227 g/mol. The number of alkyl carbamates (subject to hydrolysis) is 1. The minimum Gasteiger partial charge on any atom is -0.442 e. The van der Waals surface area contributed by atoms with Gasteiger partial charge in [-0.3, -0.25) is 0 Å². The van der Waals surface area contributed by atoms with Crippen LogP contribution in [-0.4, -0.2) is 29.4 Å². The first-order chi connectivity index (χ1) is 7.58. The van der Waals surface area contributed by atoms with Gasteiger partial charge in [-0.2, -0.15) is 0 Å². The average Bonchev–Trinajstić information content (AvgIpc) is 2.12. The molecule has 16 heavy (non-hydrogen) atoms. The van der Waals surface area contributed by atoms with Gasteiger partial charge >= 0.3 is 6.09 Å². The van der Waals surface area contributed by atoms with Crippen molar-refractivity contribution in [1.82, 2.24) is 5.32 Å². The highest BCUT2D eigenvalue weighted by Gasteiger charge is 2.15. The van der Waals surface area contributed by atoms with Gasteiger partial charge in [0.1, 0.15) is 6.10 Å². The molecule has 0 radical (unpaired) electrons. The molecule has 2 N–H and O–H groups in total. The summed E-state index contributed by atoms with van der Waals surface area (Å²) in [5, 5.41) is 12.1. The lowest BCUT2D eigenvalue weighted by Gasteiger charge is -2.19. The van der Waals surface area contributed by atoms with E-state index >= 15 is 0 Å². The van der Waals surface area contributed by atoms with Crippen molar-refractivity contribution in [2.45, 2.75) is 57.8 Å². The van der Waals surface area contributed by atoms with E-state index in [9.17, 15) is 9.90 Å². The van der Waals surface area contributed by atoms with Crippen molar-refractivity contribution in [2.75, 3.05) is 0 Å². The van der Waals surface area contributed by atoms with Gasteiger partial charge in [0, 0.05) is 6.04 Å². The zero-order valence-electron chi connectivity index (χ0n) is 9.98. The number of carbonyl (C=O) groups excluding carboxylic acids is 1. The molecule has 0 aromatic carbocycles. The van der Waals surface area contributed by atoms with Crippen LogP contribution in [0.3, 0.4) is 0 Å². The summed E-state index contributed by atoms with van der Waals surface area (Å²) in [6.45, 7) is 3.79. The van der Waals surface area contributed by atoms with Crippen molar-refractivity contribution in [3.05, 3.63) is 12.2 Å². The van der Waals surface area contributed by atoms with Crippen molar-refractivity contribution in [1.29, 1.82) is 0 Å². The second-order valence-electron chi connectivity index (χ2n) is 4.49. The third-order valence-electron chi connectivity index (χ3n) is 2.45. The molecule has 1 rings (SSSR count). The van der Waals surface area contributed by atoms with Gasteiger partial charge in [0.15, 0.2) is 0 Å². The smallest absolute Gasteiger partial charge is 0.407 e. The molecule has 2 unspecified atom stereocenters. The SMILES string of the molecule is CC(C)NC(=O)OC1/C=C/CC(O)CCC1. The van der Waals surface area contributed by atoms with Gasteiger partial charge in [-0.1, -0.05) is 6.08 Å². The van der Waals surface area contributed by atoms with Crippen LogP contribution in [0.5, 0.6) is 0 Å². The second-order valence-corrected chi connectivity index (χ2v) is 4.49. The summed E-state index contributed by atoms with van der Waals surface area (Å²) in [6.07, 6.45) is 6.05. The molecule has 0 aromatic rings. The summed E-state index contributed by atoms with van der Waals surface area (Å²) >= 11 is 0. The standard InChI is InChI=1S/C12H21NO3/c1-9(2)13-12(15)16-11-7-3-5-10(14)6-4-8-11/h3,7,9-11,14H,4-6,8H2,1-2H3,(H,13,15)/b7-3+. The molecule has 0 bridgehead atoms. The Morgan fingerprint density at radius 1 is 1.50 bits per heavy atom. The molecule has 1 aliphatic rings. The quantitative estimate of drug-likeness (QED) is 0.709. The van der Waals surface area contributed by atoms with Crippen molar-refractivity contribution in [3.63, 3.8) is 0 Å². The molecule has 1 aliphatic carbocycles. The number of amides is 1. The molecule has 0 spiro atoms. The third-order valence-corrected chi connectivity index (χ3v) is 2.45. The highest BCUT2D eigenvalue weighted by atomic mass is 16.6. The van der Waals surface area contributed by atoms with E-state index in [1.54, 1.807) is 0 Å². The Morgan fingerprint density at radius 2 is 2.25 bits per heavy atom. The van der Waals surface area contributed by atoms with Crippen LogP contribution >= 0.6 is 0 Å². The first kappa shape index (κ1) is 13.0. The lowest BCUT2D eigenvalue weighted by atomic mass is 10.0. The van der Waals surface area contributed by atoms with Crippen LogP contribution in [0.2, 0.25) is 0 Å².